The number of thiophene rings is 1. The first kappa shape index (κ1) is 22.3. The highest BCUT2D eigenvalue weighted by atomic mass is 35.5. The number of fused-ring (bicyclic) bond motifs is 1. The number of hydrogen-bond acceptors (Lipinski definition) is 6. The van der Waals surface area contributed by atoms with Gasteiger partial charge >= 0.3 is 12.1 Å². The molecule has 2 heterocycles. The van der Waals surface area contributed by atoms with Gasteiger partial charge in [0.1, 0.15) is 9.88 Å². The number of anilines is 1. The zero-order valence-corrected chi connectivity index (χ0v) is 18.3. The van der Waals surface area contributed by atoms with Gasteiger partial charge < -0.3 is 10.1 Å². The van der Waals surface area contributed by atoms with Gasteiger partial charge in [-0.1, -0.05) is 29.8 Å². The molecule has 1 amide bonds. The largest absolute Gasteiger partial charge is 0.451 e. The highest BCUT2D eigenvalue weighted by molar-refractivity contribution is 7.26. The molecule has 0 radical (unpaired) electrons. The molecule has 0 aliphatic carbocycles. The molecular formula is C21H12ClF3N2O3S2. The van der Waals surface area contributed by atoms with Gasteiger partial charge in [0.15, 0.2) is 6.61 Å². The number of rotatable bonds is 5. The second kappa shape index (κ2) is 8.89. The summed E-state index contributed by atoms with van der Waals surface area (Å²) in [6.45, 7) is -0.768. The Balaban J connectivity index is 1.41. The Morgan fingerprint density at radius 1 is 1.03 bits per heavy atom. The quantitative estimate of drug-likeness (QED) is 0.320. The molecule has 0 bridgehead atoms. The van der Waals surface area contributed by atoms with Gasteiger partial charge in [-0.15, -0.1) is 22.7 Å². The zero-order chi connectivity index (χ0) is 22.9. The maximum absolute atomic E-state index is 13.1. The van der Waals surface area contributed by atoms with Gasteiger partial charge in [-0.25, -0.2) is 9.78 Å². The number of nitrogens with one attached hydrogen (secondary N) is 1. The number of amides is 1. The molecule has 32 heavy (non-hydrogen) atoms. The van der Waals surface area contributed by atoms with Crippen LogP contribution in [0, 0.1) is 0 Å². The lowest BCUT2D eigenvalue weighted by atomic mass is 10.1. The smallest absolute Gasteiger partial charge is 0.418 e. The third-order valence-electron chi connectivity index (χ3n) is 4.23. The summed E-state index contributed by atoms with van der Waals surface area (Å²) in [4.78, 5) is 29.9. The second-order valence-electron chi connectivity index (χ2n) is 6.44. The molecule has 0 spiro atoms. The molecule has 0 atom stereocenters. The number of benzene rings is 2. The summed E-state index contributed by atoms with van der Waals surface area (Å²) in [5, 5.41) is 2.53. The van der Waals surface area contributed by atoms with Crippen LogP contribution in [-0.4, -0.2) is 23.5 Å². The molecule has 0 aliphatic rings. The molecule has 1 N–H and O–H groups in total. The van der Waals surface area contributed by atoms with Crippen molar-refractivity contribution in [2.45, 2.75) is 6.18 Å². The topological polar surface area (TPSA) is 68.3 Å². The molecule has 4 rings (SSSR count). The summed E-state index contributed by atoms with van der Waals surface area (Å²) in [7, 11) is 0. The molecule has 11 heteroatoms. The van der Waals surface area contributed by atoms with E-state index >= 15 is 0 Å². The van der Waals surface area contributed by atoms with Crippen molar-refractivity contribution in [3.63, 3.8) is 0 Å². The van der Waals surface area contributed by atoms with Gasteiger partial charge in [0.2, 0.25) is 0 Å². The van der Waals surface area contributed by atoms with E-state index in [1.807, 2.05) is 24.3 Å². The lowest BCUT2D eigenvalue weighted by Gasteiger charge is -2.15. The van der Waals surface area contributed by atoms with Crippen LogP contribution in [0.1, 0.15) is 15.2 Å². The lowest BCUT2D eigenvalue weighted by molar-refractivity contribution is -0.137. The average Bonchev–Trinajstić information content (AvgIpc) is 3.39. The number of hydrogen-bond donors (Lipinski definition) is 1. The second-order valence-corrected chi connectivity index (χ2v) is 8.96. The normalized spacial score (nSPS) is 11.5. The Morgan fingerprint density at radius 2 is 1.81 bits per heavy atom. The molecule has 4 aromatic rings. The van der Waals surface area contributed by atoms with E-state index < -0.39 is 35.9 Å². The summed E-state index contributed by atoms with van der Waals surface area (Å²) >= 11 is 8.43. The molecule has 5 nitrogen and oxygen atoms in total. The van der Waals surface area contributed by atoms with Crippen LogP contribution in [0.15, 0.2) is 54.6 Å². The summed E-state index contributed by atoms with van der Waals surface area (Å²) < 4.78 is 45.3. The fraction of sp³-hybridized carbons (Fsp3) is 0.0952. The van der Waals surface area contributed by atoms with E-state index in [2.05, 4.69) is 10.3 Å². The van der Waals surface area contributed by atoms with E-state index in [0.29, 0.717) is 0 Å². The Morgan fingerprint density at radius 3 is 2.56 bits per heavy atom. The van der Waals surface area contributed by atoms with Gasteiger partial charge in [0.25, 0.3) is 5.91 Å². The van der Waals surface area contributed by atoms with Crippen LogP contribution in [0.4, 0.5) is 18.9 Å². The van der Waals surface area contributed by atoms with Crippen molar-refractivity contribution in [2.75, 3.05) is 11.9 Å². The van der Waals surface area contributed by atoms with Crippen LogP contribution >= 0.6 is 34.3 Å². The maximum Gasteiger partial charge on any atom is 0.418 e. The minimum absolute atomic E-state index is 0.237. The first-order chi connectivity index (χ1) is 15.2. The number of thiazole rings is 1. The van der Waals surface area contributed by atoms with Crippen molar-refractivity contribution in [1.82, 2.24) is 4.98 Å². The van der Waals surface area contributed by atoms with Crippen LogP contribution in [0.3, 0.4) is 0 Å². The van der Waals surface area contributed by atoms with E-state index in [4.69, 9.17) is 16.3 Å². The molecule has 0 unspecified atom stereocenters. The molecular weight excluding hydrogens is 485 g/mol. The predicted molar refractivity (Wildman–Crippen MR) is 118 cm³/mol. The third-order valence-corrected chi connectivity index (χ3v) is 6.82. The summed E-state index contributed by atoms with van der Waals surface area (Å²) in [5.41, 5.74) is -0.833. The van der Waals surface area contributed by atoms with Crippen molar-refractivity contribution in [3.05, 3.63) is 70.1 Å². The number of ether oxygens (including phenoxy) is 1. The first-order valence-corrected chi connectivity index (χ1v) is 11.0. The highest BCUT2D eigenvalue weighted by Gasteiger charge is 2.34. The number of aromatic nitrogens is 1. The van der Waals surface area contributed by atoms with E-state index in [1.165, 1.54) is 17.4 Å². The third kappa shape index (κ3) is 4.77. The molecule has 0 fully saturated rings. The van der Waals surface area contributed by atoms with Gasteiger partial charge in [-0.05, 0) is 36.4 Å². The SMILES string of the molecule is O=C(COC(=O)c1ccc(-c2nc3ccccc3s2)s1)Nc1c(Cl)cccc1C(F)(F)F. The summed E-state index contributed by atoms with van der Waals surface area (Å²) in [5.74, 6) is -1.72. The number of alkyl halides is 3. The van der Waals surface area contributed by atoms with Gasteiger partial charge in [0.05, 0.1) is 31.4 Å². The van der Waals surface area contributed by atoms with E-state index in [9.17, 15) is 22.8 Å². The summed E-state index contributed by atoms with van der Waals surface area (Å²) in [6.07, 6.45) is -4.71. The maximum atomic E-state index is 13.1. The lowest BCUT2D eigenvalue weighted by Crippen LogP contribution is -2.22. The number of para-hydroxylation sites is 2. The Kier molecular flexibility index (Phi) is 6.18. The van der Waals surface area contributed by atoms with Gasteiger partial charge in [-0.3, -0.25) is 4.79 Å². The Hall–Kier alpha value is -2.95. The molecule has 0 saturated heterocycles. The van der Waals surface area contributed by atoms with Crippen molar-refractivity contribution < 1.29 is 27.5 Å². The van der Waals surface area contributed by atoms with Crippen LogP contribution in [0.5, 0.6) is 0 Å². The number of esters is 1. The fourth-order valence-corrected chi connectivity index (χ4v) is 4.95. The number of halogens is 4. The molecule has 0 aliphatic heterocycles. The minimum Gasteiger partial charge on any atom is -0.451 e. The predicted octanol–water partition coefficient (Wildman–Crippen LogP) is 6.49. The average molecular weight is 497 g/mol. The van der Waals surface area contributed by atoms with E-state index in [-0.39, 0.29) is 9.90 Å². The monoisotopic (exact) mass is 496 g/mol. The molecule has 0 saturated carbocycles. The van der Waals surface area contributed by atoms with Crippen LogP contribution in [0.2, 0.25) is 5.02 Å². The van der Waals surface area contributed by atoms with Gasteiger partial charge in [0, 0.05) is 0 Å². The fourth-order valence-electron chi connectivity index (χ4n) is 2.81. The Labute approximate surface area is 192 Å². The first-order valence-electron chi connectivity index (χ1n) is 9.01. The van der Waals surface area contributed by atoms with E-state index in [1.54, 1.807) is 12.1 Å². The molecule has 2 aromatic heterocycles. The van der Waals surface area contributed by atoms with Crippen molar-refractivity contribution in [2.24, 2.45) is 0 Å². The summed E-state index contributed by atoms with van der Waals surface area (Å²) in [6, 6.07) is 14.0. The number of nitrogens with zero attached hydrogens (tertiary/aromatic N) is 1. The molecule has 2 aromatic carbocycles. The van der Waals surface area contributed by atoms with Crippen molar-refractivity contribution in [3.8, 4) is 9.88 Å². The van der Waals surface area contributed by atoms with Crippen LogP contribution in [0.25, 0.3) is 20.1 Å². The van der Waals surface area contributed by atoms with Gasteiger partial charge in [-0.2, -0.15) is 13.2 Å². The standard InChI is InChI=1S/C21H12ClF3N2O3S2/c22-12-5-3-4-11(21(23,24)25)18(12)27-17(28)10-30-20(29)16-9-8-15(31-16)19-26-13-6-1-2-7-14(13)32-19/h1-9H,10H2,(H,27,28). The molecule has 164 valence electrons. The number of carbonyl (C=O) groups is 2. The van der Waals surface area contributed by atoms with Crippen LogP contribution < -0.4 is 5.32 Å². The van der Waals surface area contributed by atoms with Crippen molar-refractivity contribution >= 4 is 62.1 Å². The highest BCUT2D eigenvalue weighted by Crippen LogP contribution is 2.38. The van der Waals surface area contributed by atoms with Crippen molar-refractivity contribution in [1.29, 1.82) is 0 Å². The number of carbonyl (C=O) groups excluding carboxylic acids is 2. The Bertz CT molecular complexity index is 1280. The minimum atomic E-state index is -4.71. The zero-order valence-electron chi connectivity index (χ0n) is 15.9. The van der Waals surface area contributed by atoms with Crippen LogP contribution in [-0.2, 0) is 15.7 Å². The van der Waals surface area contributed by atoms with E-state index in [0.717, 1.165) is 43.6 Å².